The van der Waals surface area contributed by atoms with Gasteiger partial charge in [-0.25, -0.2) is 0 Å². The van der Waals surface area contributed by atoms with Gasteiger partial charge in [-0.3, -0.25) is 9.48 Å². The Morgan fingerprint density at radius 2 is 1.72 bits per heavy atom. The average Bonchev–Trinajstić information content (AvgIpc) is 3.20. The maximum Gasteiger partial charge on any atom is 0.255 e. The van der Waals surface area contributed by atoms with Crippen LogP contribution in [-0.2, 0) is 17.9 Å². The number of carbonyl (C=O) groups is 1. The number of aryl methyl sites for hydroxylation is 1. The van der Waals surface area contributed by atoms with E-state index in [1.807, 2.05) is 47.1 Å². The third-order valence-electron chi connectivity index (χ3n) is 5.07. The largest absolute Gasteiger partial charge is 0.484 e. The fraction of sp³-hybridized carbons (Fsp3) is 0.154. The van der Waals surface area contributed by atoms with E-state index in [0.717, 1.165) is 22.5 Å². The van der Waals surface area contributed by atoms with Gasteiger partial charge in [-0.2, -0.15) is 5.10 Å². The normalized spacial score (nSPS) is 10.7. The Hall–Kier alpha value is -4.06. The predicted octanol–water partition coefficient (Wildman–Crippen LogP) is 4.38. The highest BCUT2D eigenvalue weighted by atomic mass is 16.5. The number of amides is 1. The summed E-state index contributed by atoms with van der Waals surface area (Å²) in [5.41, 5.74) is 11.7. The van der Waals surface area contributed by atoms with Crippen LogP contribution in [0.4, 0.5) is 5.69 Å². The highest BCUT2D eigenvalue weighted by Gasteiger charge is 2.12. The molecule has 0 aliphatic rings. The summed E-state index contributed by atoms with van der Waals surface area (Å²) >= 11 is 0. The van der Waals surface area contributed by atoms with Gasteiger partial charge in [0, 0.05) is 29.6 Å². The monoisotopic (exact) mass is 426 g/mol. The van der Waals surface area contributed by atoms with Gasteiger partial charge in [-0.05, 0) is 36.8 Å². The first-order valence-electron chi connectivity index (χ1n) is 10.5. The standard InChI is InChI=1S/C26H26N4O2/c1-19-7-9-21(10-8-19)26-22(17-30(29-26)16-20-5-3-2-4-6-20)15-28-23-11-13-24(14-12-23)32-18-25(27)31/h2-14,17,28H,15-16,18H2,1H3,(H2,27,31). The minimum absolute atomic E-state index is 0.132. The molecule has 0 bridgehead atoms. The van der Waals surface area contributed by atoms with Crippen LogP contribution in [0.5, 0.6) is 5.75 Å². The van der Waals surface area contributed by atoms with E-state index in [0.29, 0.717) is 18.8 Å². The number of rotatable bonds is 9. The first-order valence-corrected chi connectivity index (χ1v) is 10.5. The number of primary amides is 1. The summed E-state index contributed by atoms with van der Waals surface area (Å²) in [5, 5.41) is 8.34. The van der Waals surface area contributed by atoms with E-state index >= 15 is 0 Å². The van der Waals surface area contributed by atoms with E-state index in [2.05, 4.69) is 54.8 Å². The Morgan fingerprint density at radius 3 is 2.41 bits per heavy atom. The molecule has 3 aromatic carbocycles. The molecule has 162 valence electrons. The van der Waals surface area contributed by atoms with Crippen LogP contribution in [0, 0.1) is 6.92 Å². The third kappa shape index (κ3) is 5.55. The van der Waals surface area contributed by atoms with Crippen molar-refractivity contribution in [3.63, 3.8) is 0 Å². The molecule has 6 heteroatoms. The Balaban J connectivity index is 1.52. The zero-order valence-electron chi connectivity index (χ0n) is 18.0. The number of nitrogens with one attached hydrogen (secondary N) is 1. The number of aromatic nitrogens is 2. The van der Waals surface area contributed by atoms with Gasteiger partial charge >= 0.3 is 0 Å². The van der Waals surface area contributed by atoms with E-state index in [1.54, 1.807) is 0 Å². The van der Waals surface area contributed by atoms with Crippen molar-refractivity contribution in [2.45, 2.75) is 20.0 Å². The van der Waals surface area contributed by atoms with Gasteiger partial charge in [0.15, 0.2) is 6.61 Å². The predicted molar refractivity (Wildman–Crippen MR) is 126 cm³/mol. The lowest BCUT2D eigenvalue weighted by molar-refractivity contribution is -0.119. The molecule has 0 saturated heterocycles. The van der Waals surface area contributed by atoms with Crippen molar-refractivity contribution >= 4 is 11.6 Å². The number of nitrogens with zero attached hydrogens (tertiary/aromatic N) is 2. The maximum atomic E-state index is 10.9. The zero-order chi connectivity index (χ0) is 22.3. The molecule has 1 amide bonds. The van der Waals surface area contributed by atoms with Crippen LogP contribution in [0.15, 0.2) is 85.1 Å². The lowest BCUT2D eigenvalue weighted by Gasteiger charge is -2.08. The second-order valence-electron chi connectivity index (χ2n) is 7.69. The molecule has 4 rings (SSSR count). The van der Waals surface area contributed by atoms with Gasteiger partial charge in [0.1, 0.15) is 5.75 Å². The van der Waals surface area contributed by atoms with Gasteiger partial charge < -0.3 is 15.8 Å². The van der Waals surface area contributed by atoms with Gasteiger partial charge in [-0.1, -0.05) is 60.2 Å². The summed E-state index contributed by atoms with van der Waals surface area (Å²) < 4.78 is 7.30. The third-order valence-corrected chi connectivity index (χ3v) is 5.07. The molecule has 0 fully saturated rings. The lowest BCUT2D eigenvalue weighted by Crippen LogP contribution is -2.19. The zero-order valence-corrected chi connectivity index (χ0v) is 18.0. The molecule has 4 aromatic rings. The smallest absolute Gasteiger partial charge is 0.255 e. The van der Waals surface area contributed by atoms with Gasteiger partial charge in [0.2, 0.25) is 0 Å². The fourth-order valence-corrected chi connectivity index (χ4v) is 3.42. The minimum atomic E-state index is -0.497. The summed E-state index contributed by atoms with van der Waals surface area (Å²) in [5.74, 6) is 0.105. The summed E-state index contributed by atoms with van der Waals surface area (Å²) in [7, 11) is 0. The van der Waals surface area contributed by atoms with Crippen molar-refractivity contribution in [3.8, 4) is 17.0 Å². The van der Waals surface area contributed by atoms with Gasteiger partial charge in [0.25, 0.3) is 5.91 Å². The molecule has 1 aromatic heterocycles. The lowest BCUT2D eigenvalue weighted by atomic mass is 10.1. The quantitative estimate of drug-likeness (QED) is 0.416. The molecular formula is C26H26N4O2. The Labute approximate surface area is 187 Å². The number of hydrogen-bond acceptors (Lipinski definition) is 4. The average molecular weight is 427 g/mol. The molecule has 0 aliphatic heterocycles. The van der Waals surface area contributed by atoms with Gasteiger partial charge in [0.05, 0.1) is 12.2 Å². The number of nitrogens with two attached hydrogens (primary N) is 1. The fourth-order valence-electron chi connectivity index (χ4n) is 3.42. The van der Waals surface area contributed by atoms with Crippen LogP contribution in [0.3, 0.4) is 0 Å². The van der Waals surface area contributed by atoms with Crippen LogP contribution < -0.4 is 15.8 Å². The Bertz CT molecular complexity index is 1170. The first-order chi connectivity index (χ1) is 15.6. The van der Waals surface area contributed by atoms with Crippen molar-refractivity contribution < 1.29 is 9.53 Å². The molecule has 0 aliphatic carbocycles. The number of benzene rings is 3. The summed E-state index contributed by atoms with van der Waals surface area (Å²) in [4.78, 5) is 10.9. The van der Waals surface area contributed by atoms with Crippen LogP contribution >= 0.6 is 0 Å². The molecular weight excluding hydrogens is 400 g/mol. The molecule has 0 atom stereocenters. The number of carbonyl (C=O) groups excluding carboxylic acids is 1. The van der Waals surface area contributed by atoms with Crippen molar-refractivity contribution in [3.05, 3.63) is 102 Å². The van der Waals surface area contributed by atoms with E-state index in [9.17, 15) is 4.79 Å². The topological polar surface area (TPSA) is 82.2 Å². The Morgan fingerprint density at radius 1 is 1.00 bits per heavy atom. The number of ether oxygens (including phenoxy) is 1. The van der Waals surface area contributed by atoms with Crippen LogP contribution in [-0.4, -0.2) is 22.3 Å². The molecule has 32 heavy (non-hydrogen) atoms. The minimum Gasteiger partial charge on any atom is -0.484 e. The van der Waals surface area contributed by atoms with E-state index < -0.39 is 5.91 Å². The molecule has 0 spiro atoms. The van der Waals surface area contributed by atoms with Crippen molar-refractivity contribution in [1.29, 1.82) is 0 Å². The summed E-state index contributed by atoms with van der Waals surface area (Å²) in [6.07, 6.45) is 2.10. The van der Waals surface area contributed by atoms with Gasteiger partial charge in [-0.15, -0.1) is 0 Å². The summed E-state index contributed by atoms with van der Waals surface area (Å²) in [6.45, 7) is 3.29. The number of anilines is 1. The number of hydrogen-bond donors (Lipinski definition) is 2. The van der Waals surface area contributed by atoms with Crippen LogP contribution in [0.25, 0.3) is 11.3 Å². The van der Waals surface area contributed by atoms with Crippen LogP contribution in [0.2, 0.25) is 0 Å². The van der Waals surface area contributed by atoms with Crippen molar-refractivity contribution in [1.82, 2.24) is 9.78 Å². The van der Waals surface area contributed by atoms with E-state index in [1.165, 1.54) is 11.1 Å². The summed E-state index contributed by atoms with van der Waals surface area (Å²) in [6, 6.07) is 26.2. The SMILES string of the molecule is Cc1ccc(-c2nn(Cc3ccccc3)cc2CNc2ccc(OCC(N)=O)cc2)cc1. The molecule has 0 saturated carbocycles. The van der Waals surface area contributed by atoms with Crippen molar-refractivity contribution in [2.24, 2.45) is 5.73 Å². The Kier molecular flexibility index (Phi) is 6.51. The molecule has 6 nitrogen and oxygen atoms in total. The van der Waals surface area contributed by atoms with E-state index in [-0.39, 0.29) is 6.61 Å². The molecule has 1 heterocycles. The first kappa shape index (κ1) is 21.2. The van der Waals surface area contributed by atoms with E-state index in [4.69, 9.17) is 15.6 Å². The van der Waals surface area contributed by atoms with Crippen LogP contribution in [0.1, 0.15) is 16.7 Å². The van der Waals surface area contributed by atoms with Crippen molar-refractivity contribution in [2.75, 3.05) is 11.9 Å². The maximum absolute atomic E-state index is 10.9. The second kappa shape index (κ2) is 9.83. The molecule has 0 unspecified atom stereocenters. The molecule has 0 radical (unpaired) electrons. The molecule has 3 N–H and O–H groups in total. The highest BCUT2D eigenvalue weighted by Crippen LogP contribution is 2.25. The highest BCUT2D eigenvalue weighted by molar-refractivity contribution is 5.75. The second-order valence-corrected chi connectivity index (χ2v) is 7.69.